The lowest BCUT2D eigenvalue weighted by Crippen LogP contribution is -2.37. The SMILES string of the molecule is O=C(c1ccccc1CN1CCCC1)N1CCOCC(Cc2ccc3ccncc3c2)C1. The Labute approximate surface area is 190 Å². The van der Waals surface area contributed by atoms with E-state index in [0.29, 0.717) is 19.8 Å². The van der Waals surface area contributed by atoms with Gasteiger partial charge in [-0.1, -0.05) is 30.3 Å². The van der Waals surface area contributed by atoms with Crippen LogP contribution in [0.25, 0.3) is 10.8 Å². The minimum Gasteiger partial charge on any atom is -0.379 e. The molecule has 3 aromatic rings. The van der Waals surface area contributed by atoms with E-state index in [1.807, 2.05) is 41.6 Å². The van der Waals surface area contributed by atoms with Crippen molar-refractivity contribution in [2.75, 3.05) is 39.4 Å². The lowest BCUT2D eigenvalue weighted by atomic mass is 9.97. The second-order valence-corrected chi connectivity index (χ2v) is 9.09. The molecule has 0 spiro atoms. The van der Waals surface area contributed by atoms with Gasteiger partial charge in [-0.15, -0.1) is 0 Å². The molecule has 166 valence electrons. The number of ether oxygens (including phenoxy) is 1. The van der Waals surface area contributed by atoms with Crippen LogP contribution in [-0.4, -0.2) is 60.1 Å². The summed E-state index contributed by atoms with van der Waals surface area (Å²) >= 11 is 0. The first-order valence-electron chi connectivity index (χ1n) is 11.8. The van der Waals surface area contributed by atoms with Crippen molar-refractivity contribution in [3.63, 3.8) is 0 Å². The van der Waals surface area contributed by atoms with Crippen LogP contribution >= 0.6 is 0 Å². The maximum Gasteiger partial charge on any atom is 0.254 e. The molecule has 1 amide bonds. The number of nitrogens with zero attached hydrogens (tertiary/aromatic N) is 3. The van der Waals surface area contributed by atoms with Crippen molar-refractivity contribution in [3.05, 3.63) is 77.6 Å². The van der Waals surface area contributed by atoms with Gasteiger partial charge in [0.1, 0.15) is 0 Å². The normalized spacial score (nSPS) is 19.9. The minimum absolute atomic E-state index is 0.137. The number of benzene rings is 2. The zero-order chi connectivity index (χ0) is 21.8. The molecule has 3 heterocycles. The van der Waals surface area contributed by atoms with Gasteiger partial charge in [-0.2, -0.15) is 0 Å². The molecule has 2 saturated heterocycles. The zero-order valence-electron chi connectivity index (χ0n) is 18.6. The van der Waals surface area contributed by atoms with Crippen LogP contribution in [0.4, 0.5) is 0 Å². The average Bonchev–Trinajstić information content (AvgIpc) is 3.23. The second kappa shape index (κ2) is 9.80. The first-order valence-corrected chi connectivity index (χ1v) is 11.8. The summed E-state index contributed by atoms with van der Waals surface area (Å²) in [6.45, 7) is 5.77. The van der Waals surface area contributed by atoms with Gasteiger partial charge in [-0.3, -0.25) is 14.7 Å². The first kappa shape index (κ1) is 21.1. The molecule has 5 nitrogen and oxygen atoms in total. The number of aromatic nitrogens is 1. The maximum atomic E-state index is 13.6. The Morgan fingerprint density at radius 1 is 1.03 bits per heavy atom. The summed E-state index contributed by atoms with van der Waals surface area (Å²) in [5.74, 6) is 0.416. The number of amides is 1. The van der Waals surface area contributed by atoms with Gasteiger partial charge in [-0.25, -0.2) is 0 Å². The molecule has 2 fully saturated rings. The molecular formula is C27H31N3O2. The molecule has 0 bridgehead atoms. The van der Waals surface area contributed by atoms with Gasteiger partial charge in [0, 0.05) is 48.9 Å². The molecule has 2 aliphatic rings. The number of hydrogen-bond donors (Lipinski definition) is 0. The van der Waals surface area contributed by atoms with Gasteiger partial charge in [0.15, 0.2) is 0 Å². The van der Waals surface area contributed by atoms with Crippen LogP contribution in [0.5, 0.6) is 0 Å². The van der Waals surface area contributed by atoms with Gasteiger partial charge in [-0.05, 0) is 67.1 Å². The Morgan fingerprint density at radius 3 is 2.81 bits per heavy atom. The number of hydrogen-bond acceptors (Lipinski definition) is 4. The zero-order valence-corrected chi connectivity index (χ0v) is 18.6. The fourth-order valence-electron chi connectivity index (χ4n) is 5.00. The Morgan fingerprint density at radius 2 is 1.91 bits per heavy atom. The fraction of sp³-hybridized carbons (Fsp3) is 0.407. The number of likely N-dealkylation sites (tertiary alicyclic amines) is 1. The van der Waals surface area contributed by atoms with Gasteiger partial charge in [0.25, 0.3) is 5.91 Å². The molecule has 0 saturated carbocycles. The molecule has 32 heavy (non-hydrogen) atoms. The van der Waals surface area contributed by atoms with Gasteiger partial charge >= 0.3 is 0 Å². The lowest BCUT2D eigenvalue weighted by Gasteiger charge is -2.25. The number of carbonyl (C=O) groups is 1. The minimum atomic E-state index is 0.137. The summed E-state index contributed by atoms with van der Waals surface area (Å²) in [6, 6.07) is 16.7. The van der Waals surface area contributed by atoms with Crippen molar-refractivity contribution in [2.45, 2.75) is 25.8 Å². The highest BCUT2D eigenvalue weighted by Gasteiger charge is 2.26. The van der Waals surface area contributed by atoms with Crippen molar-refractivity contribution >= 4 is 16.7 Å². The number of rotatable bonds is 5. The van der Waals surface area contributed by atoms with E-state index < -0.39 is 0 Å². The maximum absolute atomic E-state index is 13.6. The van der Waals surface area contributed by atoms with E-state index in [1.165, 1.54) is 23.8 Å². The highest BCUT2D eigenvalue weighted by atomic mass is 16.5. The summed E-state index contributed by atoms with van der Waals surface area (Å²) in [4.78, 5) is 22.3. The van der Waals surface area contributed by atoms with Crippen molar-refractivity contribution in [1.82, 2.24) is 14.8 Å². The fourth-order valence-corrected chi connectivity index (χ4v) is 5.00. The molecule has 1 atom stereocenters. The molecule has 5 heteroatoms. The Balaban J connectivity index is 1.31. The van der Waals surface area contributed by atoms with E-state index >= 15 is 0 Å². The molecule has 1 aromatic heterocycles. The first-order chi connectivity index (χ1) is 15.8. The van der Waals surface area contributed by atoms with E-state index in [2.05, 4.69) is 34.1 Å². The molecule has 0 radical (unpaired) electrons. The summed E-state index contributed by atoms with van der Waals surface area (Å²) in [5.41, 5.74) is 3.25. The van der Waals surface area contributed by atoms with E-state index in [9.17, 15) is 4.79 Å². The topological polar surface area (TPSA) is 45.7 Å². The van der Waals surface area contributed by atoms with Crippen molar-refractivity contribution in [1.29, 1.82) is 0 Å². The summed E-state index contributed by atoms with van der Waals surface area (Å²) < 4.78 is 5.91. The quantitative estimate of drug-likeness (QED) is 0.611. The smallest absolute Gasteiger partial charge is 0.254 e. The van der Waals surface area contributed by atoms with E-state index in [1.54, 1.807) is 0 Å². The standard InChI is InChI=1S/C27H31N3O2/c31-27(26-6-2-1-5-24(26)19-29-11-3-4-12-29)30-13-14-32-20-22(18-30)15-21-7-8-23-9-10-28-17-25(23)16-21/h1-2,5-10,16-17,22H,3-4,11-15,18-20H2. The van der Waals surface area contributed by atoms with Crippen LogP contribution in [0.1, 0.15) is 34.3 Å². The van der Waals surface area contributed by atoms with Crippen LogP contribution in [-0.2, 0) is 17.7 Å². The molecule has 5 rings (SSSR count). The number of pyridine rings is 1. The lowest BCUT2D eigenvalue weighted by molar-refractivity contribution is 0.0735. The monoisotopic (exact) mass is 429 g/mol. The highest BCUT2D eigenvalue weighted by molar-refractivity contribution is 5.95. The predicted molar refractivity (Wildman–Crippen MR) is 127 cm³/mol. The summed E-state index contributed by atoms with van der Waals surface area (Å²) in [5, 5.41) is 2.36. The predicted octanol–water partition coefficient (Wildman–Crippen LogP) is 4.16. The molecule has 2 aliphatic heterocycles. The van der Waals surface area contributed by atoms with E-state index in [-0.39, 0.29) is 11.8 Å². The van der Waals surface area contributed by atoms with Crippen LogP contribution in [0, 0.1) is 5.92 Å². The third-order valence-electron chi connectivity index (χ3n) is 6.69. The summed E-state index contributed by atoms with van der Waals surface area (Å²) in [6.07, 6.45) is 7.14. The molecule has 2 aromatic carbocycles. The average molecular weight is 430 g/mol. The Kier molecular flexibility index (Phi) is 6.46. The van der Waals surface area contributed by atoms with Gasteiger partial charge < -0.3 is 9.64 Å². The van der Waals surface area contributed by atoms with E-state index in [4.69, 9.17) is 4.74 Å². The van der Waals surface area contributed by atoms with E-state index in [0.717, 1.165) is 49.1 Å². The van der Waals surface area contributed by atoms with Crippen molar-refractivity contribution < 1.29 is 9.53 Å². The van der Waals surface area contributed by atoms with Crippen LogP contribution in [0.3, 0.4) is 0 Å². The Bertz CT molecular complexity index is 1080. The third kappa shape index (κ3) is 4.84. The summed E-state index contributed by atoms with van der Waals surface area (Å²) in [7, 11) is 0. The van der Waals surface area contributed by atoms with Crippen molar-refractivity contribution in [3.8, 4) is 0 Å². The highest BCUT2D eigenvalue weighted by Crippen LogP contribution is 2.22. The van der Waals surface area contributed by atoms with Crippen LogP contribution in [0.2, 0.25) is 0 Å². The Hall–Kier alpha value is -2.76. The van der Waals surface area contributed by atoms with Crippen LogP contribution < -0.4 is 0 Å². The third-order valence-corrected chi connectivity index (χ3v) is 6.69. The number of fused-ring (bicyclic) bond motifs is 1. The van der Waals surface area contributed by atoms with Crippen LogP contribution in [0.15, 0.2) is 60.9 Å². The van der Waals surface area contributed by atoms with Gasteiger partial charge in [0.05, 0.1) is 13.2 Å². The second-order valence-electron chi connectivity index (χ2n) is 9.09. The molecule has 1 unspecified atom stereocenters. The molecule has 0 aliphatic carbocycles. The van der Waals surface area contributed by atoms with Gasteiger partial charge in [0.2, 0.25) is 0 Å². The van der Waals surface area contributed by atoms with Crippen molar-refractivity contribution in [2.24, 2.45) is 5.92 Å². The molecular weight excluding hydrogens is 398 g/mol. The number of carbonyl (C=O) groups excluding carboxylic acids is 1. The molecule has 0 N–H and O–H groups in total. The largest absolute Gasteiger partial charge is 0.379 e.